The van der Waals surface area contributed by atoms with Gasteiger partial charge in [0.25, 0.3) is 5.91 Å². The molecule has 0 aromatic carbocycles. The van der Waals surface area contributed by atoms with E-state index in [1.54, 1.807) is 12.1 Å². The first-order valence-electron chi connectivity index (χ1n) is 5.35. The molecule has 1 aliphatic heterocycles. The Morgan fingerprint density at radius 2 is 2.24 bits per heavy atom. The lowest BCUT2D eigenvalue weighted by Gasteiger charge is -2.29. The summed E-state index contributed by atoms with van der Waals surface area (Å²) in [6.07, 6.45) is 1.34. The molecule has 0 aliphatic carbocycles. The van der Waals surface area contributed by atoms with Gasteiger partial charge in [-0.2, -0.15) is 0 Å². The number of carboxylic acids is 1. The van der Waals surface area contributed by atoms with Crippen molar-refractivity contribution >= 4 is 27.8 Å². The molecule has 1 saturated heterocycles. The number of aliphatic carboxylic acids is 1. The van der Waals surface area contributed by atoms with Crippen LogP contribution in [0.1, 0.15) is 23.4 Å². The highest BCUT2D eigenvalue weighted by molar-refractivity contribution is 9.10. The van der Waals surface area contributed by atoms with Crippen molar-refractivity contribution in [2.45, 2.75) is 12.8 Å². The number of amides is 1. The van der Waals surface area contributed by atoms with E-state index in [2.05, 4.69) is 15.9 Å². The van der Waals surface area contributed by atoms with Crippen molar-refractivity contribution in [1.82, 2.24) is 4.90 Å². The molecule has 1 fully saturated rings. The second-order valence-corrected chi connectivity index (χ2v) is 4.81. The van der Waals surface area contributed by atoms with E-state index in [1.165, 1.54) is 4.90 Å². The highest BCUT2D eigenvalue weighted by atomic mass is 79.9. The standard InChI is InChI=1S/C11H12BrNO4/c12-9-4-3-8(17-9)10(14)13-5-1-2-7(6-13)11(15)16/h3-4,7H,1-2,5-6H2,(H,15,16). The molecule has 1 N–H and O–H groups in total. The monoisotopic (exact) mass is 301 g/mol. The van der Waals surface area contributed by atoms with E-state index in [0.717, 1.165) is 0 Å². The van der Waals surface area contributed by atoms with Crippen LogP contribution in [0.5, 0.6) is 0 Å². The number of carboxylic acid groups (broad SMARTS) is 1. The molecule has 1 amide bonds. The molecule has 0 saturated carbocycles. The summed E-state index contributed by atoms with van der Waals surface area (Å²) in [4.78, 5) is 24.4. The van der Waals surface area contributed by atoms with Crippen molar-refractivity contribution in [3.8, 4) is 0 Å². The van der Waals surface area contributed by atoms with E-state index in [1.807, 2.05) is 0 Å². The number of hydrogen-bond donors (Lipinski definition) is 1. The van der Waals surface area contributed by atoms with Crippen LogP contribution in [0.25, 0.3) is 0 Å². The molecular formula is C11H12BrNO4. The first-order chi connectivity index (χ1) is 8.08. The largest absolute Gasteiger partial charge is 0.481 e. The Kier molecular flexibility index (Phi) is 3.51. The highest BCUT2D eigenvalue weighted by Gasteiger charge is 2.29. The average molecular weight is 302 g/mol. The normalized spacial score (nSPS) is 20.3. The number of piperidine rings is 1. The van der Waals surface area contributed by atoms with Crippen LogP contribution < -0.4 is 0 Å². The number of carbonyl (C=O) groups excluding carboxylic acids is 1. The fraction of sp³-hybridized carbons (Fsp3) is 0.455. The molecule has 0 radical (unpaired) electrons. The molecule has 1 aliphatic rings. The smallest absolute Gasteiger partial charge is 0.308 e. The van der Waals surface area contributed by atoms with Crippen LogP contribution in [0.15, 0.2) is 21.2 Å². The summed E-state index contributed by atoms with van der Waals surface area (Å²) < 4.78 is 5.67. The number of carbonyl (C=O) groups is 2. The molecule has 2 heterocycles. The van der Waals surface area contributed by atoms with Crippen molar-refractivity contribution in [3.05, 3.63) is 22.6 Å². The van der Waals surface area contributed by atoms with Crippen molar-refractivity contribution in [2.24, 2.45) is 5.92 Å². The van der Waals surface area contributed by atoms with Crippen LogP contribution in [0.2, 0.25) is 0 Å². The lowest BCUT2D eigenvalue weighted by molar-refractivity contribution is -0.143. The third-order valence-electron chi connectivity index (χ3n) is 2.84. The molecule has 5 nitrogen and oxygen atoms in total. The number of rotatable bonds is 2. The topological polar surface area (TPSA) is 70.8 Å². The average Bonchev–Trinajstić information content (AvgIpc) is 2.75. The molecule has 1 unspecified atom stereocenters. The quantitative estimate of drug-likeness (QED) is 0.907. The Morgan fingerprint density at radius 1 is 1.47 bits per heavy atom. The molecule has 92 valence electrons. The Hall–Kier alpha value is -1.30. The number of hydrogen-bond acceptors (Lipinski definition) is 3. The number of nitrogens with zero attached hydrogens (tertiary/aromatic N) is 1. The van der Waals surface area contributed by atoms with E-state index in [4.69, 9.17) is 9.52 Å². The molecule has 1 atom stereocenters. The summed E-state index contributed by atoms with van der Waals surface area (Å²) in [7, 11) is 0. The van der Waals surface area contributed by atoms with Crippen LogP contribution in [-0.2, 0) is 4.79 Å². The summed E-state index contributed by atoms with van der Waals surface area (Å²) in [5, 5.41) is 8.94. The predicted octanol–water partition coefficient (Wildman–Crippen LogP) is 1.98. The van der Waals surface area contributed by atoms with E-state index >= 15 is 0 Å². The molecule has 0 spiro atoms. The Balaban J connectivity index is 2.07. The SMILES string of the molecule is O=C(O)C1CCCN(C(=O)c2ccc(Br)o2)C1. The molecule has 1 aromatic rings. The number of likely N-dealkylation sites (tertiary alicyclic amines) is 1. The predicted molar refractivity (Wildman–Crippen MR) is 62.7 cm³/mol. The maximum atomic E-state index is 12.0. The van der Waals surface area contributed by atoms with Crippen molar-refractivity contribution in [1.29, 1.82) is 0 Å². The lowest BCUT2D eigenvalue weighted by atomic mass is 9.98. The summed E-state index contributed by atoms with van der Waals surface area (Å²) >= 11 is 3.13. The van der Waals surface area contributed by atoms with Crippen LogP contribution in [0.3, 0.4) is 0 Å². The highest BCUT2D eigenvalue weighted by Crippen LogP contribution is 2.21. The van der Waals surface area contributed by atoms with Gasteiger partial charge < -0.3 is 14.4 Å². The van der Waals surface area contributed by atoms with Gasteiger partial charge in [0.15, 0.2) is 10.4 Å². The van der Waals surface area contributed by atoms with E-state index in [-0.39, 0.29) is 18.2 Å². The van der Waals surface area contributed by atoms with Gasteiger partial charge in [0.1, 0.15) is 0 Å². The molecular weight excluding hydrogens is 290 g/mol. The minimum atomic E-state index is -0.844. The zero-order valence-corrected chi connectivity index (χ0v) is 10.6. The summed E-state index contributed by atoms with van der Waals surface area (Å²) in [5.41, 5.74) is 0. The molecule has 6 heteroatoms. The maximum Gasteiger partial charge on any atom is 0.308 e. The molecule has 0 bridgehead atoms. The van der Waals surface area contributed by atoms with Crippen LogP contribution in [0, 0.1) is 5.92 Å². The van der Waals surface area contributed by atoms with Crippen molar-refractivity contribution in [2.75, 3.05) is 13.1 Å². The summed E-state index contributed by atoms with van der Waals surface area (Å²) in [6, 6.07) is 3.22. The number of furan rings is 1. The second kappa shape index (κ2) is 4.91. The van der Waals surface area contributed by atoms with Crippen LogP contribution in [-0.4, -0.2) is 35.0 Å². The van der Waals surface area contributed by atoms with Gasteiger partial charge in [0.05, 0.1) is 5.92 Å². The first-order valence-corrected chi connectivity index (χ1v) is 6.14. The Morgan fingerprint density at radius 3 is 2.82 bits per heavy atom. The fourth-order valence-electron chi connectivity index (χ4n) is 1.95. The van der Waals surface area contributed by atoms with Gasteiger partial charge in [-0.25, -0.2) is 0 Å². The Labute approximate surface area is 107 Å². The van der Waals surface area contributed by atoms with Gasteiger partial charge in [0, 0.05) is 13.1 Å². The van der Waals surface area contributed by atoms with Gasteiger partial charge in [-0.05, 0) is 40.9 Å². The van der Waals surface area contributed by atoms with E-state index in [9.17, 15) is 9.59 Å². The first kappa shape index (κ1) is 12.2. The molecule has 17 heavy (non-hydrogen) atoms. The summed E-state index contributed by atoms with van der Waals surface area (Å²) in [5.74, 6) is -1.32. The fourth-order valence-corrected chi connectivity index (χ4v) is 2.25. The maximum absolute atomic E-state index is 12.0. The Bertz CT molecular complexity index is 442. The minimum Gasteiger partial charge on any atom is -0.481 e. The lowest BCUT2D eigenvalue weighted by Crippen LogP contribution is -2.42. The van der Waals surface area contributed by atoms with Gasteiger partial charge in [-0.3, -0.25) is 9.59 Å². The number of halogens is 1. The minimum absolute atomic E-state index is 0.239. The van der Waals surface area contributed by atoms with Gasteiger partial charge in [-0.15, -0.1) is 0 Å². The third kappa shape index (κ3) is 2.69. The van der Waals surface area contributed by atoms with E-state index < -0.39 is 11.9 Å². The van der Waals surface area contributed by atoms with Gasteiger partial charge in [-0.1, -0.05) is 0 Å². The molecule has 1 aromatic heterocycles. The van der Waals surface area contributed by atoms with Crippen molar-refractivity contribution < 1.29 is 19.1 Å². The zero-order chi connectivity index (χ0) is 12.4. The summed E-state index contributed by atoms with van der Waals surface area (Å²) in [6.45, 7) is 0.841. The molecule has 2 rings (SSSR count). The van der Waals surface area contributed by atoms with Crippen LogP contribution >= 0.6 is 15.9 Å². The van der Waals surface area contributed by atoms with Gasteiger partial charge in [0.2, 0.25) is 0 Å². The third-order valence-corrected chi connectivity index (χ3v) is 3.27. The van der Waals surface area contributed by atoms with Crippen LogP contribution in [0.4, 0.5) is 0 Å². The van der Waals surface area contributed by atoms with Gasteiger partial charge >= 0.3 is 5.97 Å². The second-order valence-electron chi connectivity index (χ2n) is 4.03. The zero-order valence-electron chi connectivity index (χ0n) is 9.06. The van der Waals surface area contributed by atoms with Crippen molar-refractivity contribution in [3.63, 3.8) is 0 Å². The van der Waals surface area contributed by atoms with E-state index in [0.29, 0.717) is 24.1 Å².